The summed E-state index contributed by atoms with van der Waals surface area (Å²) in [5, 5.41) is 48.9. The minimum Gasteiger partial charge on any atom is -0.423 e. The van der Waals surface area contributed by atoms with Crippen LogP contribution in [0.5, 0.6) is 0 Å². The smallest absolute Gasteiger partial charge is 0.423 e. The van der Waals surface area contributed by atoms with Crippen LogP contribution in [0.2, 0.25) is 0 Å². The van der Waals surface area contributed by atoms with E-state index < -0.39 is 14.2 Å². The van der Waals surface area contributed by atoms with Crippen molar-refractivity contribution in [3.8, 4) is 45.3 Å². The predicted molar refractivity (Wildman–Crippen MR) is 376 cm³/mol. The van der Waals surface area contributed by atoms with E-state index in [1.807, 2.05) is 128 Å². The summed E-state index contributed by atoms with van der Waals surface area (Å²) < 4.78 is 0. The van der Waals surface area contributed by atoms with E-state index in [-0.39, 0.29) is 38.6 Å². The van der Waals surface area contributed by atoms with Crippen LogP contribution in [0, 0.1) is 0 Å². The van der Waals surface area contributed by atoms with Crippen molar-refractivity contribution < 1.29 is 49.2 Å². The Labute approximate surface area is 565 Å². The topological polar surface area (TPSA) is 211 Å². The number of allylic oxidation sites excluding steroid dienone is 1. The van der Waals surface area contributed by atoms with Crippen LogP contribution in [-0.2, 0) is 55.2 Å². The Morgan fingerprint density at radius 3 is 1.26 bits per heavy atom. The fourth-order valence-corrected chi connectivity index (χ4v) is 10.9. The number of unbranched alkanes of at least 4 members (excludes halogenated alkanes) is 1. The van der Waals surface area contributed by atoms with Crippen LogP contribution in [0.15, 0.2) is 256 Å². The minimum absolute atomic E-state index is 0. The van der Waals surface area contributed by atoms with Crippen LogP contribution in [-0.4, -0.2) is 105 Å². The second-order valence-corrected chi connectivity index (χ2v) is 22.4. The number of pyridine rings is 6. The van der Waals surface area contributed by atoms with Crippen molar-refractivity contribution >= 4 is 58.4 Å². The first-order valence-electron chi connectivity index (χ1n) is 30.7. The summed E-state index contributed by atoms with van der Waals surface area (Å²) in [6.45, 7) is 14.6. The molecule has 0 aliphatic heterocycles. The number of Topliss-reactive ketones (excluding diaryl/α,β-unsaturated/α-hetero) is 1. The van der Waals surface area contributed by atoms with Gasteiger partial charge in [0.05, 0.1) is 34.2 Å². The van der Waals surface area contributed by atoms with Crippen molar-refractivity contribution in [3.63, 3.8) is 0 Å². The van der Waals surface area contributed by atoms with Gasteiger partial charge in [-0.25, -0.2) is 0 Å². The third-order valence-corrected chi connectivity index (χ3v) is 15.6. The number of rotatable bonds is 25. The molecule has 0 bridgehead atoms. The molecule has 6 heterocycles. The Morgan fingerprint density at radius 1 is 0.426 bits per heavy atom. The number of aromatic nitrogens is 6. The number of ketones is 1. The maximum atomic E-state index is 12.6. The number of amides is 1. The quantitative estimate of drug-likeness (QED) is 0.0156. The SMILES string of the molecule is C.C=C(C)C(=O)CCCCN(Cc1ccccc1B(O)O)Cc1c2ccccc2c(CN(CCCNC(=O)C(=C)C)Cc2ccccc2B(O)O)c2ccc(-c3ccnc(-c4ccccn4)c3)cc12.[Ru+2].c1ccc(-c2ccccn2)nc1.c1ccc(-c2ccccn2)nc1. The summed E-state index contributed by atoms with van der Waals surface area (Å²) in [6, 6.07) is 62.8. The molecule has 0 saturated carbocycles. The van der Waals surface area contributed by atoms with Crippen molar-refractivity contribution in [3.05, 3.63) is 278 Å². The second kappa shape index (κ2) is 36.8. The van der Waals surface area contributed by atoms with Gasteiger partial charge in [0.2, 0.25) is 5.91 Å². The molecule has 11 aromatic rings. The van der Waals surface area contributed by atoms with E-state index in [2.05, 4.69) is 107 Å². The molecule has 0 saturated heterocycles. The molecule has 1 amide bonds. The molecule has 0 unspecified atom stereocenters. The van der Waals surface area contributed by atoms with Gasteiger partial charge in [0, 0.05) is 88.4 Å². The van der Waals surface area contributed by atoms with Gasteiger partial charge in [-0.2, -0.15) is 0 Å². The molecule has 18 heteroatoms. The second-order valence-electron chi connectivity index (χ2n) is 22.4. The molecule has 5 N–H and O–H groups in total. The first kappa shape index (κ1) is 72.1. The van der Waals surface area contributed by atoms with Gasteiger partial charge in [0.15, 0.2) is 5.78 Å². The number of nitrogens with one attached hydrogen (secondary N) is 1. The van der Waals surface area contributed by atoms with Crippen molar-refractivity contribution in [1.29, 1.82) is 0 Å². The Bertz CT molecular complexity index is 4070. The van der Waals surface area contributed by atoms with Crippen molar-refractivity contribution in [2.75, 3.05) is 19.6 Å². The zero-order valence-corrected chi connectivity index (χ0v) is 54.1. The zero-order chi connectivity index (χ0) is 64.6. The van der Waals surface area contributed by atoms with Gasteiger partial charge in [-0.1, -0.05) is 136 Å². The Morgan fingerprint density at radius 2 is 0.819 bits per heavy atom. The molecule has 5 aromatic carbocycles. The molecule has 94 heavy (non-hydrogen) atoms. The fraction of sp³-hybridized carbons (Fsp3) is 0.184. The number of hydrogen-bond acceptors (Lipinski definition) is 14. The van der Waals surface area contributed by atoms with Gasteiger partial charge in [-0.3, -0.25) is 49.3 Å². The number of fused-ring (bicyclic) bond motifs is 2. The normalized spacial score (nSPS) is 10.7. The van der Waals surface area contributed by atoms with Crippen LogP contribution < -0.4 is 16.2 Å². The first-order valence-corrected chi connectivity index (χ1v) is 30.7. The summed E-state index contributed by atoms with van der Waals surface area (Å²) in [5.74, 6) is -0.144. The summed E-state index contributed by atoms with van der Waals surface area (Å²) in [5.41, 5.74) is 12.8. The van der Waals surface area contributed by atoms with Gasteiger partial charge in [0.1, 0.15) is 0 Å². The maximum Gasteiger partial charge on any atom is 2.00 e. The molecule has 0 aliphatic carbocycles. The molecule has 0 fully saturated rings. The molecule has 0 aliphatic rings. The standard InChI is InChI=1S/C55H59B2N5O6.2C10H8N2.CH4.Ru/c1-38(2)54(63)23-12-14-30-61(34-42-16-5-9-20-50(42)56(65)66)37-49-45-19-8-7-18-44(45)48(36-62(31-15-28-60-55(64)39(3)4)35-43-17-6-10-21-51(43)57(67)68)46-25-24-40(32-47(46)49)41-26-29-59-53(33-41)52-22-11-13-27-58-52;2*1-3-7-11-9(5-1)10-6-2-4-8-12-10;;/h5-11,13,16-22,24-27,29,32-33,65-68H,1,3,12,14-15,23,28,30-31,34-37H2,2,4H3,(H,60,64);2*1-8H;1H4;/q;;;;+2. The summed E-state index contributed by atoms with van der Waals surface area (Å²) in [7, 11) is -3.28. The molecule has 476 valence electrons. The molecule has 0 radical (unpaired) electrons. The number of carbonyl (C=O) groups excluding carboxylic acids is 2. The zero-order valence-electron chi connectivity index (χ0n) is 52.3. The molecular weight excluding hydrogens is 1260 g/mol. The van der Waals surface area contributed by atoms with E-state index in [0.717, 1.165) is 95.5 Å². The monoisotopic (exact) mass is 1340 g/mol. The molecule has 6 aromatic heterocycles. The van der Waals surface area contributed by atoms with Gasteiger partial charge in [0.25, 0.3) is 0 Å². The number of benzene rings is 5. The van der Waals surface area contributed by atoms with Crippen LogP contribution >= 0.6 is 0 Å². The predicted octanol–water partition coefficient (Wildman–Crippen LogP) is 11.8. The van der Waals surface area contributed by atoms with E-state index in [1.54, 1.807) is 69.1 Å². The average molecular weight is 1340 g/mol. The van der Waals surface area contributed by atoms with Gasteiger partial charge in [-0.05, 0) is 190 Å². The maximum absolute atomic E-state index is 12.6. The minimum atomic E-state index is -1.64. The van der Waals surface area contributed by atoms with E-state index in [9.17, 15) is 29.7 Å². The third-order valence-electron chi connectivity index (χ3n) is 15.6. The van der Waals surface area contributed by atoms with Gasteiger partial charge < -0.3 is 25.4 Å². The molecule has 0 spiro atoms. The van der Waals surface area contributed by atoms with Crippen LogP contribution in [0.1, 0.15) is 69.2 Å². The van der Waals surface area contributed by atoms with Crippen LogP contribution in [0.25, 0.3) is 66.8 Å². The molecule has 0 atom stereocenters. The van der Waals surface area contributed by atoms with Crippen LogP contribution in [0.3, 0.4) is 0 Å². The summed E-state index contributed by atoms with van der Waals surface area (Å²) >= 11 is 0. The van der Waals surface area contributed by atoms with Crippen molar-refractivity contribution in [2.45, 2.75) is 73.1 Å². The van der Waals surface area contributed by atoms with E-state index in [1.165, 1.54) is 0 Å². The van der Waals surface area contributed by atoms with E-state index in [4.69, 9.17) is 0 Å². The van der Waals surface area contributed by atoms with Gasteiger partial charge in [-0.15, -0.1) is 0 Å². The van der Waals surface area contributed by atoms with Crippen molar-refractivity contribution in [2.24, 2.45) is 0 Å². The van der Waals surface area contributed by atoms with Crippen molar-refractivity contribution in [1.82, 2.24) is 45.0 Å². The number of nitrogens with zero attached hydrogens (tertiary/aromatic N) is 8. The van der Waals surface area contributed by atoms with E-state index >= 15 is 0 Å². The van der Waals surface area contributed by atoms with Gasteiger partial charge >= 0.3 is 33.7 Å². The fourth-order valence-electron chi connectivity index (χ4n) is 10.9. The molecule has 11 rings (SSSR count). The Kier molecular flexibility index (Phi) is 28.2. The Hall–Kier alpha value is -9.35. The van der Waals surface area contributed by atoms with Crippen LogP contribution in [0.4, 0.5) is 0 Å². The number of hydrogen-bond donors (Lipinski definition) is 5. The molecular formula is C76H79B2N9O6Ru+2. The third kappa shape index (κ3) is 20.3. The largest absolute Gasteiger partial charge is 2.00 e. The first-order chi connectivity index (χ1) is 44.8. The Balaban J connectivity index is 0.000000395. The van der Waals surface area contributed by atoms with E-state index in [0.29, 0.717) is 87.1 Å². The summed E-state index contributed by atoms with van der Waals surface area (Å²) in [4.78, 5) is 55.6. The molecule has 15 nitrogen and oxygen atoms in total. The number of carbonyl (C=O) groups is 2. The summed E-state index contributed by atoms with van der Waals surface area (Å²) in [6.07, 6.45) is 13.1. The average Bonchev–Trinajstić information content (AvgIpc) is 0.746.